The molecule has 0 aliphatic rings. The van der Waals surface area contributed by atoms with Gasteiger partial charge < -0.3 is 0 Å². The average molecular weight is 761 g/mol. The van der Waals surface area contributed by atoms with Crippen molar-refractivity contribution in [2.24, 2.45) is 0 Å². The van der Waals surface area contributed by atoms with Gasteiger partial charge in [-0.2, -0.15) is 5.26 Å². The number of aromatic nitrogens is 3. The van der Waals surface area contributed by atoms with E-state index in [0.717, 1.165) is 33.4 Å². The molecule has 0 bridgehead atoms. The first kappa shape index (κ1) is 33.8. The maximum atomic E-state index is 9.36. The van der Waals surface area contributed by atoms with E-state index in [-0.39, 0.29) is 0 Å². The molecule has 0 N–H and O–H groups in total. The van der Waals surface area contributed by atoms with E-state index in [1.54, 1.807) is 12.1 Å². The molecule has 4 nitrogen and oxygen atoms in total. The Labute approximate surface area is 345 Å². The van der Waals surface area contributed by atoms with Crippen LogP contribution in [0.25, 0.3) is 121 Å². The second-order valence-corrected chi connectivity index (χ2v) is 15.5. The minimum Gasteiger partial charge on any atom is -0.208 e. The highest BCUT2D eigenvalue weighted by molar-refractivity contribution is 6.37. The van der Waals surface area contributed by atoms with Gasteiger partial charge in [-0.3, -0.25) is 0 Å². The minimum absolute atomic E-state index is 0.558. The Bertz CT molecular complexity index is 3690. The number of fused-ring (bicyclic) bond motifs is 2. The molecule has 11 aromatic carbocycles. The van der Waals surface area contributed by atoms with Gasteiger partial charge in [0, 0.05) is 16.7 Å². The van der Waals surface area contributed by atoms with Gasteiger partial charge in [0.2, 0.25) is 0 Å². The highest BCUT2D eigenvalue weighted by Gasteiger charge is 2.17. The first-order valence-corrected chi connectivity index (χ1v) is 20.1. The fourth-order valence-electron chi connectivity index (χ4n) is 9.19. The molecular formula is C56H32N4. The van der Waals surface area contributed by atoms with Crippen LogP contribution in [0, 0.1) is 11.3 Å². The van der Waals surface area contributed by atoms with Crippen LogP contribution in [-0.2, 0) is 0 Å². The highest BCUT2D eigenvalue weighted by atomic mass is 15.0. The fraction of sp³-hybridized carbons (Fsp3) is 0. The summed E-state index contributed by atoms with van der Waals surface area (Å²) in [6.45, 7) is 0. The number of hydrogen-bond acceptors (Lipinski definition) is 4. The van der Waals surface area contributed by atoms with Crippen molar-refractivity contribution in [1.82, 2.24) is 15.0 Å². The molecule has 0 saturated carbocycles. The van der Waals surface area contributed by atoms with Crippen molar-refractivity contribution in [3.63, 3.8) is 0 Å². The summed E-state index contributed by atoms with van der Waals surface area (Å²) in [4.78, 5) is 14.7. The Morgan fingerprint density at radius 3 is 1.25 bits per heavy atom. The maximum absolute atomic E-state index is 9.36. The standard InChI is InChI=1S/C56H32N4/c57-33-34-18-20-40(21-19-34)55-58-54(39-8-2-1-3-9-39)59-56(60-55)41-27-22-35(23-28-41)42-13-4-14-43(30-42)45-31-44-29-26-38-11-6-16-47-46-15-5-10-36-24-25-37-12-7-17-48(52(37)50(36)46)49(32-45)53(44)51(38)47/h1-32H. The summed E-state index contributed by atoms with van der Waals surface area (Å²) in [5, 5.41) is 24.7. The van der Waals surface area contributed by atoms with Gasteiger partial charge in [0.15, 0.2) is 17.5 Å². The summed E-state index contributed by atoms with van der Waals surface area (Å²) in [6, 6.07) is 70.9. The average Bonchev–Trinajstić information content (AvgIpc) is 3.32. The molecule has 12 rings (SSSR count). The SMILES string of the molecule is N#Cc1ccc(-c2nc(-c3ccccc3)nc(-c3ccc(-c4cccc(-c5cc6ccc7cccc8c9cccc%10ccc%11cccc(c(c5)c6c78)c%11c%109)c4)cc3)n2)cc1. The molecule has 0 aliphatic heterocycles. The molecular weight excluding hydrogens is 729 g/mol. The van der Waals surface area contributed by atoms with Crippen LogP contribution in [0.15, 0.2) is 194 Å². The lowest BCUT2D eigenvalue weighted by molar-refractivity contribution is 1.07. The lowest BCUT2D eigenvalue weighted by atomic mass is 9.86. The van der Waals surface area contributed by atoms with Gasteiger partial charge >= 0.3 is 0 Å². The first-order chi connectivity index (χ1) is 29.7. The molecule has 60 heavy (non-hydrogen) atoms. The summed E-state index contributed by atoms with van der Waals surface area (Å²) in [6.07, 6.45) is 0. The van der Waals surface area contributed by atoms with Crippen LogP contribution < -0.4 is 0 Å². The Balaban J connectivity index is 0.994. The van der Waals surface area contributed by atoms with Crippen molar-refractivity contribution in [3.8, 4) is 62.5 Å². The second-order valence-electron chi connectivity index (χ2n) is 15.5. The number of nitriles is 1. The third-order valence-corrected chi connectivity index (χ3v) is 12.0. The van der Waals surface area contributed by atoms with E-state index < -0.39 is 0 Å². The van der Waals surface area contributed by atoms with Gasteiger partial charge in [-0.05, 0) is 129 Å². The van der Waals surface area contributed by atoms with Crippen LogP contribution in [0.1, 0.15) is 5.56 Å². The predicted octanol–water partition coefficient (Wildman–Crippen LogP) is 14.4. The van der Waals surface area contributed by atoms with Crippen molar-refractivity contribution in [2.45, 2.75) is 0 Å². The lowest BCUT2D eigenvalue weighted by Crippen LogP contribution is -2.00. The fourth-order valence-corrected chi connectivity index (χ4v) is 9.19. The molecule has 4 heteroatoms. The zero-order chi connectivity index (χ0) is 39.7. The van der Waals surface area contributed by atoms with E-state index in [2.05, 4.69) is 146 Å². The normalized spacial score (nSPS) is 11.7. The third kappa shape index (κ3) is 5.41. The number of nitrogens with zero attached hydrogens (tertiary/aromatic N) is 4. The Morgan fingerprint density at radius 1 is 0.283 bits per heavy atom. The molecule has 0 unspecified atom stereocenters. The first-order valence-electron chi connectivity index (χ1n) is 20.1. The quantitative estimate of drug-likeness (QED) is 0.164. The number of hydrogen-bond donors (Lipinski definition) is 0. The summed E-state index contributed by atoms with van der Waals surface area (Å²) in [5.41, 5.74) is 7.78. The molecule has 0 atom stereocenters. The Hall–Kier alpha value is -8.26. The Kier molecular flexibility index (Phi) is 7.57. The summed E-state index contributed by atoms with van der Waals surface area (Å²) < 4.78 is 0. The van der Waals surface area contributed by atoms with E-state index in [0.29, 0.717) is 23.0 Å². The van der Waals surface area contributed by atoms with Gasteiger partial charge in [-0.25, -0.2) is 15.0 Å². The number of rotatable bonds is 5. The molecule has 0 spiro atoms. The molecule has 0 saturated heterocycles. The van der Waals surface area contributed by atoms with E-state index in [1.165, 1.54) is 70.2 Å². The van der Waals surface area contributed by atoms with Crippen LogP contribution in [0.4, 0.5) is 0 Å². The van der Waals surface area contributed by atoms with E-state index in [4.69, 9.17) is 15.0 Å². The van der Waals surface area contributed by atoms with Crippen LogP contribution in [0.2, 0.25) is 0 Å². The van der Waals surface area contributed by atoms with Crippen molar-refractivity contribution < 1.29 is 0 Å². The molecule has 1 heterocycles. The predicted molar refractivity (Wildman–Crippen MR) is 248 cm³/mol. The van der Waals surface area contributed by atoms with Gasteiger partial charge in [-0.1, -0.05) is 152 Å². The third-order valence-electron chi connectivity index (χ3n) is 12.0. The van der Waals surface area contributed by atoms with Crippen LogP contribution >= 0.6 is 0 Å². The molecule has 0 radical (unpaired) electrons. The summed E-state index contributed by atoms with van der Waals surface area (Å²) in [5.74, 6) is 1.74. The maximum Gasteiger partial charge on any atom is 0.164 e. The van der Waals surface area contributed by atoms with E-state index >= 15 is 0 Å². The van der Waals surface area contributed by atoms with Crippen molar-refractivity contribution in [1.29, 1.82) is 5.26 Å². The zero-order valence-corrected chi connectivity index (χ0v) is 32.3. The minimum atomic E-state index is 0.558. The zero-order valence-electron chi connectivity index (χ0n) is 32.3. The molecule has 0 amide bonds. The van der Waals surface area contributed by atoms with Gasteiger partial charge in [-0.15, -0.1) is 0 Å². The van der Waals surface area contributed by atoms with Crippen molar-refractivity contribution in [3.05, 3.63) is 200 Å². The molecule has 1 aromatic heterocycles. The number of benzene rings is 10. The second kappa shape index (κ2) is 13.4. The van der Waals surface area contributed by atoms with Gasteiger partial charge in [0.25, 0.3) is 0 Å². The van der Waals surface area contributed by atoms with Gasteiger partial charge in [0.1, 0.15) is 0 Å². The summed E-state index contributed by atoms with van der Waals surface area (Å²) >= 11 is 0. The van der Waals surface area contributed by atoms with Crippen molar-refractivity contribution in [2.75, 3.05) is 0 Å². The van der Waals surface area contributed by atoms with E-state index in [9.17, 15) is 5.26 Å². The molecule has 0 aliphatic carbocycles. The largest absolute Gasteiger partial charge is 0.208 e. The molecule has 276 valence electrons. The Morgan fingerprint density at radius 2 is 0.700 bits per heavy atom. The van der Waals surface area contributed by atoms with Crippen molar-refractivity contribution >= 4 is 64.6 Å². The highest BCUT2D eigenvalue weighted by Crippen LogP contribution is 2.44. The molecule has 0 fully saturated rings. The summed E-state index contributed by atoms with van der Waals surface area (Å²) in [7, 11) is 0. The van der Waals surface area contributed by atoms with E-state index in [1.807, 2.05) is 42.5 Å². The van der Waals surface area contributed by atoms with Gasteiger partial charge in [0.05, 0.1) is 11.6 Å². The van der Waals surface area contributed by atoms with Crippen LogP contribution in [0.3, 0.4) is 0 Å². The van der Waals surface area contributed by atoms with Crippen LogP contribution in [-0.4, -0.2) is 15.0 Å². The van der Waals surface area contributed by atoms with Crippen LogP contribution in [0.5, 0.6) is 0 Å². The lowest BCUT2D eigenvalue weighted by Gasteiger charge is -2.17. The monoisotopic (exact) mass is 760 g/mol. The molecule has 12 aromatic rings. The smallest absolute Gasteiger partial charge is 0.164 e. The topological polar surface area (TPSA) is 62.5 Å².